The maximum absolute atomic E-state index is 11.1. The second-order valence-electron chi connectivity index (χ2n) is 3.08. The highest BCUT2D eigenvalue weighted by atomic mass is 32.3. The number of hydrogen-bond donors (Lipinski definition) is 2. The van der Waals surface area contributed by atoms with Crippen molar-refractivity contribution >= 4 is 22.2 Å². The van der Waals surface area contributed by atoms with Gasteiger partial charge in [-0.05, 0) is 19.1 Å². The first-order valence-corrected chi connectivity index (χ1v) is 5.94. The van der Waals surface area contributed by atoms with Crippen LogP contribution in [-0.2, 0) is 15.1 Å². The Morgan fingerprint density at radius 3 is 2.00 bits per heavy atom. The van der Waals surface area contributed by atoms with Gasteiger partial charge < -0.3 is 4.74 Å². The van der Waals surface area contributed by atoms with Gasteiger partial charge in [0.05, 0.1) is 12.7 Å². The summed E-state index contributed by atoms with van der Waals surface area (Å²) in [6, 6.07) is 6.45. The Morgan fingerprint density at radius 2 is 1.61 bits per heavy atom. The molecule has 0 aromatic heterocycles. The van der Waals surface area contributed by atoms with Gasteiger partial charge in [-0.2, -0.15) is 8.42 Å². The lowest BCUT2D eigenvalue weighted by molar-refractivity contribution is 0.0600. The number of carbonyl (C=O) groups excluding carboxylic acids is 2. The van der Waals surface area contributed by atoms with E-state index < -0.39 is 16.4 Å². The van der Waals surface area contributed by atoms with Crippen molar-refractivity contribution in [3.05, 3.63) is 35.4 Å². The molecule has 1 rings (SSSR count). The summed E-state index contributed by atoms with van der Waals surface area (Å²) in [5.41, 5.74) is 0.915. The average Bonchev–Trinajstić information content (AvgIpc) is 2.26. The number of Topliss-reactive ketones (excluding diaryl/α,β-unsaturated/α-hetero) is 1. The lowest BCUT2D eigenvalue weighted by Crippen LogP contribution is -2.02. The SMILES string of the molecule is COC(=O)c1cccc(C(C)=O)c1.O=S(=O)(O)O. The Balaban J connectivity index is 0.000000494. The molecular formula is C10H12O7S. The van der Waals surface area contributed by atoms with E-state index in [9.17, 15) is 9.59 Å². The Morgan fingerprint density at radius 1 is 1.17 bits per heavy atom. The molecular weight excluding hydrogens is 264 g/mol. The van der Waals surface area contributed by atoms with Gasteiger partial charge in [-0.25, -0.2) is 4.79 Å². The number of benzene rings is 1. The van der Waals surface area contributed by atoms with Gasteiger partial charge in [-0.1, -0.05) is 12.1 Å². The summed E-state index contributed by atoms with van der Waals surface area (Å²) in [6.07, 6.45) is 0. The molecule has 0 aliphatic heterocycles. The lowest BCUT2D eigenvalue weighted by atomic mass is 10.1. The van der Waals surface area contributed by atoms with Crippen molar-refractivity contribution in [2.75, 3.05) is 7.11 Å². The minimum atomic E-state index is -4.67. The first kappa shape index (κ1) is 16.2. The van der Waals surface area contributed by atoms with Crippen LogP contribution in [0.25, 0.3) is 0 Å². The van der Waals surface area contributed by atoms with Gasteiger partial charge in [-0.3, -0.25) is 13.9 Å². The highest BCUT2D eigenvalue weighted by Gasteiger charge is 2.06. The van der Waals surface area contributed by atoms with Crippen molar-refractivity contribution in [2.45, 2.75) is 6.92 Å². The molecule has 0 aliphatic carbocycles. The predicted octanol–water partition coefficient (Wildman–Crippen LogP) is 1.02. The van der Waals surface area contributed by atoms with E-state index in [1.807, 2.05) is 0 Å². The standard InChI is InChI=1S/C10H10O3.H2O4S/c1-7(11)8-4-3-5-9(6-8)10(12)13-2;1-5(2,3)4/h3-6H,1-2H3;(H2,1,2,3,4). The summed E-state index contributed by atoms with van der Waals surface area (Å²) in [5.74, 6) is -0.492. The Labute approximate surface area is 104 Å². The van der Waals surface area contributed by atoms with Crippen molar-refractivity contribution in [3.63, 3.8) is 0 Å². The fourth-order valence-electron chi connectivity index (χ4n) is 0.983. The van der Waals surface area contributed by atoms with E-state index in [1.54, 1.807) is 18.2 Å². The van der Waals surface area contributed by atoms with Crippen molar-refractivity contribution in [1.29, 1.82) is 0 Å². The van der Waals surface area contributed by atoms with Crippen LogP contribution in [0.15, 0.2) is 24.3 Å². The monoisotopic (exact) mass is 276 g/mol. The third-order valence-corrected chi connectivity index (χ3v) is 1.69. The first-order valence-electron chi connectivity index (χ1n) is 4.54. The number of esters is 1. The first-order chi connectivity index (χ1) is 8.15. The topological polar surface area (TPSA) is 118 Å². The molecule has 0 radical (unpaired) electrons. The fourth-order valence-corrected chi connectivity index (χ4v) is 0.983. The molecule has 18 heavy (non-hydrogen) atoms. The normalized spacial score (nSPS) is 10.0. The zero-order chi connectivity index (χ0) is 14.3. The van der Waals surface area contributed by atoms with Crippen LogP contribution >= 0.6 is 0 Å². The summed E-state index contributed by atoms with van der Waals surface area (Å²) in [4.78, 5) is 22.0. The van der Waals surface area contributed by atoms with E-state index in [0.29, 0.717) is 11.1 Å². The van der Waals surface area contributed by atoms with E-state index in [-0.39, 0.29) is 5.78 Å². The zero-order valence-corrected chi connectivity index (χ0v) is 10.5. The van der Waals surface area contributed by atoms with Crippen LogP contribution < -0.4 is 0 Å². The summed E-state index contributed by atoms with van der Waals surface area (Å²) in [5, 5.41) is 0. The van der Waals surface area contributed by atoms with Gasteiger partial charge in [0.15, 0.2) is 5.78 Å². The summed E-state index contributed by atoms with van der Waals surface area (Å²) < 4.78 is 36.1. The summed E-state index contributed by atoms with van der Waals surface area (Å²) in [6.45, 7) is 1.45. The molecule has 0 saturated heterocycles. The van der Waals surface area contributed by atoms with Crippen LogP contribution in [0, 0.1) is 0 Å². The van der Waals surface area contributed by atoms with Gasteiger partial charge in [-0.15, -0.1) is 0 Å². The smallest absolute Gasteiger partial charge is 0.394 e. The Bertz CT molecular complexity index is 525. The van der Waals surface area contributed by atoms with Crippen LogP contribution in [0.3, 0.4) is 0 Å². The molecule has 0 fully saturated rings. The average molecular weight is 276 g/mol. The molecule has 0 atom stereocenters. The molecule has 7 nitrogen and oxygen atoms in total. The largest absolute Gasteiger partial charge is 0.465 e. The van der Waals surface area contributed by atoms with Crippen LogP contribution in [0.2, 0.25) is 0 Å². The van der Waals surface area contributed by atoms with E-state index in [4.69, 9.17) is 17.5 Å². The highest BCUT2D eigenvalue weighted by Crippen LogP contribution is 2.06. The van der Waals surface area contributed by atoms with Gasteiger partial charge in [0.2, 0.25) is 0 Å². The molecule has 0 unspecified atom stereocenters. The molecule has 0 bridgehead atoms. The molecule has 1 aromatic carbocycles. The molecule has 1 aromatic rings. The molecule has 0 spiro atoms. The van der Waals surface area contributed by atoms with Gasteiger partial charge >= 0.3 is 16.4 Å². The van der Waals surface area contributed by atoms with Crippen molar-refractivity contribution in [1.82, 2.24) is 0 Å². The second-order valence-corrected chi connectivity index (χ2v) is 3.97. The minimum absolute atomic E-state index is 0.0641. The fraction of sp³-hybridized carbons (Fsp3) is 0.200. The highest BCUT2D eigenvalue weighted by molar-refractivity contribution is 7.79. The number of methoxy groups -OCH3 is 1. The van der Waals surface area contributed by atoms with Crippen molar-refractivity contribution < 1.29 is 31.8 Å². The molecule has 8 heteroatoms. The van der Waals surface area contributed by atoms with E-state index in [0.717, 1.165) is 0 Å². The Kier molecular flexibility index (Phi) is 6.17. The number of ketones is 1. The van der Waals surface area contributed by atoms with Crippen LogP contribution in [0.1, 0.15) is 27.6 Å². The third kappa shape index (κ3) is 7.49. The summed E-state index contributed by atoms with van der Waals surface area (Å²) >= 11 is 0. The van der Waals surface area contributed by atoms with Crippen LogP contribution in [-0.4, -0.2) is 36.4 Å². The second kappa shape index (κ2) is 6.84. The van der Waals surface area contributed by atoms with Crippen molar-refractivity contribution in [3.8, 4) is 0 Å². The molecule has 0 saturated carbocycles. The van der Waals surface area contributed by atoms with Crippen LogP contribution in [0.5, 0.6) is 0 Å². The quantitative estimate of drug-likeness (QED) is 0.470. The van der Waals surface area contributed by atoms with Crippen LogP contribution in [0.4, 0.5) is 0 Å². The molecule has 0 aliphatic rings. The number of ether oxygens (including phenoxy) is 1. The van der Waals surface area contributed by atoms with Gasteiger partial charge in [0.1, 0.15) is 0 Å². The number of carbonyl (C=O) groups is 2. The van der Waals surface area contributed by atoms with Crippen molar-refractivity contribution in [2.24, 2.45) is 0 Å². The number of rotatable bonds is 2. The third-order valence-electron chi connectivity index (χ3n) is 1.69. The molecule has 2 N–H and O–H groups in total. The van der Waals surface area contributed by atoms with E-state index >= 15 is 0 Å². The van der Waals surface area contributed by atoms with Gasteiger partial charge in [0.25, 0.3) is 0 Å². The maximum Gasteiger partial charge on any atom is 0.394 e. The minimum Gasteiger partial charge on any atom is -0.465 e. The number of hydrogen-bond acceptors (Lipinski definition) is 5. The molecule has 100 valence electrons. The Hall–Kier alpha value is -1.77. The van der Waals surface area contributed by atoms with Gasteiger partial charge in [0, 0.05) is 5.56 Å². The predicted molar refractivity (Wildman–Crippen MR) is 62.0 cm³/mol. The molecule has 0 heterocycles. The maximum atomic E-state index is 11.1. The zero-order valence-electron chi connectivity index (χ0n) is 9.65. The van der Waals surface area contributed by atoms with E-state index in [2.05, 4.69) is 4.74 Å². The summed E-state index contributed by atoms with van der Waals surface area (Å²) in [7, 11) is -3.36. The van der Waals surface area contributed by atoms with E-state index in [1.165, 1.54) is 20.1 Å². The molecule has 0 amide bonds. The lowest BCUT2D eigenvalue weighted by Gasteiger charge is -2.00.